The third kappa shape index (κ3) is 2.90. The van der Waals surface area contributed by atoms with Crippen LogP contribution in [0.4, 0.5) is 10.2 Å². The second kappa shape index (κ2) is 6.23. The Morgan fingerprint density at radius 3 is 2.58 bits per heavy atom. The third-order valence-corrected chi connectivity index (χ3v) is 3.77. The van der Waals surface area contributed by atoms with E-state index in [9.17, 15) is 9.18 Å². The lowest BCUT2D eigenvalue weighted by atomic mass is 10.1. The van der Waals surface area contributed by atoms with Crippen LogP contribution >= 0.6 is 0 Å². The van der Waals surface area contributed by atoms with E-state index in [1.54, 1.807) is 32.2 Å². The SMILES string of the molecule is C/C(=N\c1ncccc1C)c1c(C)[nH]n(-c2ccc(F)cc2)c1=O. The highest BCUT2D eigenvalue weighted by Crippen LogP contribution is 2.16. The van der Waals surface area contributed by atoms with E-state index in [2.05, 4.69) is 15.1 Å². The number of nitrogens with one attached hydrogen (secondary N) is 1. The number of nitrogens with zero attached hydrogens (tertiary/aromatic N) is 3. The van der Waals surface area contributed by atoms with Gasteiger partial charge in [0.25, 0.3) is 5.56 Å². The molecule has 24 heavy (non-hydrogen) atoms. The number of benzene rings is 1. The van der Waals surface area contributed by atoms with Crippen LogP contribution in [0.3, 0.4) is 0 Å². The normalized spacial score (nSPS) is 11.8. The summed E-state index contributed by atoms with van der Waals surface area (Å²) in [5, 5.41) is 3.01. The second-order valence-electron chi connectivity index (χ2n) is 5.57. The van der Waals surface area contributed by atoms with Gasteiger partial charge in [-0.1, -0.05) is 6.07 Å². The minimum Gasteiger partial charge on any atom is -0.295 e. The molecule has 0 saturated heterocycles. The first kappa shape index (κ1) is 15.9. The molecule has 0 aliphatic heterocycles. The average molecular weight is 324 g/mol. The molecule has 0 spiro atoms. The number of halogens is 1. The van der Waals surface area contributed by atoms with E-state index in [1.165, 1.54) is 16.8 Å². The van der Waals surface area contributed by atoms with Crippen molar-refractivity contribution in [2.75, 3.05) is 0 Å². The smallest absolute Gasteiger partial charge is 0.280 e. The van der Waals surface area contributed by atoms with Crippen LogP contribution in [0.1, 0.15) is 23.7 Å². The molecule has 0 radical (unpaired) electrons. The molecule has 0 atom stereocenters. The first-order valence-corrected chi connectivity index (χ1v) is 7.52. The average Bonchev–Trinajstić information content (AvgIpc) is 2.85. The van der Waals surface area contributed by atoms with E-state index < -0.39 is 0 Å². The van der Waals surface area contributed by atoms with Crippen LogP contribution in [0.25, 0.3) is 5.69 Å². The monoisotopic (exact) mass is 324 g/mol. The van der Waals surface area contributed by atoms with Gasteiger partial charge in [-0.05, 0) is 56.7 Å². The van der Waals surface area contributed by atoms with Gasteiger partial charge < -0.3 is 0 Å². The summed E-state index contributed by atoms with van der Waals surface area (Å²) in [4.78, 5) is 21.4. The third-order valence-electron chi connectivity index (χ3n) is 3.77. The van der Waals surface area contributed by atoms with Crippen LogP contribution in [0.5, 0.6) is 0 Å². The van der Waals surface area contributed by atoms with Gasteiger partial charge in [0, 0.05) is 11.9 Å². The maximum atomic E-state index is 13.1. The molecule has 0 fully saturated rings. The molecule has 3 rings (SSSR count). The fourth-order valence-corrected chi connectivity index (χ4v) is 2.55. The zero-order valence-corrected chi connectivity index (χ0v) is 13.7. The molecule has 3 aromatic rings. The maximum Gasteiger partial charge on any atom is 0.280 e. The van der Waals surface area contributed by atoms with Crippen molar-refractivity contribution < 1.29 is 4.39 Å². The zero-order chi connectivity index (χ0) is 17.3. The lowest BCUT2D eigenvalue weighted by Crippen LogP contribution is -2.19. The van der Waals surface area contributed by atoms with Gasteiger partial charge in [0.2, 0.25) is 0 Å². The number of aromatic nitrogens is 3. The van der Waals surface area contributed by atoms with Gasteiger partial charge in [-0.2, -0.15) is 0 Å². The van der Waals surface area contributed by atoms with Crippen LogP contribution < -0.4 is 5.56 Å². The van der Waals surface area contributed by atoms with Gasteiger partial charge in [0.15, 0.2) is 5.82 Å². The maximum absolute atomic E-state index is 13.1. The second-order valence-corrected chi connectivity index (χ2v) is 5.57. The van der Waals surface area contributed by atoms with Crippen LogP contribution in [0.15, 0.2) is 52.4 Å². The summed E-state index contributed by atoms with van der Waals surface area (Å²) in [5.41, 5.74) is 3.04. The highest BCUT2D eigenvalue weighted by atomic mass is 19.1. The molecule has 2 aromatic heterocycles. The van der Waals surface area contributed by atoms with Crippen LogP contribution in [-0.4, -0.2) is 20.5 Å². The predicted molar refractivity (Wildman–Crippen MR) is 91.9 cm³/mol. The van der Waals surface area contributed by atoms with E-state index >= 15 is 0 Å². The molecule has 6 heteroatoms. The van der Waals surface area contributed by atoms with Gasteiger partial charge in [0.05, 0.1) is 17.0 Å². The molecule has 1 N–H and O–H groups in total. The number of pyridine rings is 1. The van der Waals surface area contributed by atoms with Crippen molar-refractivity contribution in [3.8, 4) is 5.69 Å². The van der Waals surface area contributed by atoms with Gasteiger partial charge in [-0.3, -0.25) is 9.89 Å². The summed E-state index contributed by atoms with van der Waals surface area (Å²) in [7, 11) is 0. The topological polar surface area (TPSA) is 63.0 Å². The number of aryl methyl sites for hydroxylation is 2. The summed E-state index contributed by atoms with van der Waals surface area (Å²) in [6, 6.07) is 9.48. The summed E-state index contributed by atoms with van der Waals surface area (Å²) in [6.07, 6.45) is 1.67. The zero-order valence-electron chi connectivity index (χ0n) is 13.7. The fourth-order valence-electron chi connectivity index (χ4n) is 2.55. The number of hydrogen-bond acceptors (Lipinski definition) is 3. The van der Waals surface area contributed by atoms with Gasteiger partial charge >= 0.3 is 0 Å². The number of H-pyrrole nitrogens is 1. The van der Waals surface area contributed by atoms with E-state index in [1.807, 2.05) is 19.1 Å². The number of aromatic amines is 1. The highest BCUT2D eigenvalue weighted by Gasteiger charge is 2.15. The van der Waals surface area contributed by atoms with E-state index in [4.69, 9.17) is 0 Å². The Bertz CT molecular complexity index is 967. The van der Waals surface area contributed by atoms with Crippen LogP contribution in [-0.2, 0) is 0 Å². The highest BCUT2D eigenvalue weighted by molar-refractivity contribution is 6.00. The Kier molecular flexibility index (Phi) is 4.12. The van der Waals surface area contributed by atoms with Crippen molar-refractivity contribution in [3.05, 3.63) is 75.6 Å². The Morgan fingerprint density at radius 1 is 1.21 bits per heavy atom. The van der Waals surface area contributed by atoms with E-state index in [-0.39, 0.29) is 11.4 Å². The number of rotatable bonds is 3. The van der Waals surface area contributed by atoms with Gasteiger partial charge in [0.1, 0.15) is 5.82 Å². The van der Waals surface area contributed by atoms with Gasteiger partial charge in [-0.25, -0.2) is 19.0 Å². The first-order chi connectivity index (χ1) is 11.5. The predicted octanol–water partition coefficient (Wildman–Crippen LogP) is 3.46. The minimum absolute atomic E-state index is 0.228. The molecule has 0 aliphatic carbocycles. The molecule has 2 heterocycles. The molecule has 122 valence electrons. The van der Waals surface area contributed by atoms with Crippen molar-refractivity contribution >= 4 is 11.5 Å². The molecular formula is C18H17FN4O. The molecule has 0 unspecified atom stereocenters. The molecule has 0 bridgehead atoms. The van der Waals surface area contributed by atoms with Crippen molar-refractivity contribution in [1.82, 2.24) is 14.8 Å². The summed E-state index contributed by atoms with van der Waals surface area (Å²) in [6.45, 7) is 5.50. The minimum atomic E-state index is -0.348. The summed E-state index contributed by atoms with van der Waals surface area (Å²) < 4.78 is 14.5. The Balaban J connectivity index is 2.08. The summed E-state index contributed by atoms with van der Waals surface area (Å²) >= 11 is 0. The molecule has 0 aliphatic rings. The van der Waals surface area contributed by atoms with Crippen molar-refractivity contribution in [2.45, 2.75) is 20.8 Å². The molecule has 5 nitrogen and oxygen atoms in total. The Labute approximate surface area is 138 Å². The lowest BCUT2D eigenvalue weighted by molar-refractivity contribution is 0.627. The lowest BCUT2D eigenvalue weighted by Gasteiger charge is -2.01. The fraction of sp³-hybridized carbons (Fsp3) is 0.167. The Morgan fingerprint density at radius 2 is 1.92 bits per heavy atom. The Hall–Kier alpha value is -3.02. The standard InChI is InChI=1S/C18H17FN4O/c1-11-5-4-10-20-17(11)21-12(2)16-13(3)22-23(18(16)24)15-8-6-14(19)7-9-15/h4-10,22H,1-3H3/b21-12+. The largest absolute Gasteiger partial charge is 0.295 e. The van der Waals surface area contributed by atoms with Crippen LogP contribution in [0.2, 0.25) is 0 Å². The number of hydrogen-bond donors (Lipinski definition) is 1. The first-order valence-electron chi connectivity index (χ1n) is 7.52. The quantitative estimate of drug-likeness (QED) is 0.750. The van der Waals surface area contributed by atoms with E-state index in [0.29, 0.717) is 28.5 Å². The van der Waals surface area contributed by atoms with Crippen molar-refractivity contribution in [3.63, 3.8) is 0 Å². The molecule has 0 saturated carbocycles. The van der Waals surface area contributed by atoms with Crippen molar-refractivity contribution in [2.24, 2.45) is 4.99 Å². The summed E-state index contributed by atoms with van der Waals surface area (Å²) in [5.74, 6) is 0.238. The molecule has 0 amide bonds. The van der Waals surface area contributed by atoms with E-state index in [0.717, 1.165) is 5.56 Å². The molecular weight excluding hydrogens is 307 g/mol. The molecule has 1 aromatic carbocycles. The van der Waals surface area contributed by atoms with Crippen molar-refractivity contribution in [1.29, 1.82) is 0 Å². The van der Waals surface area contributed by atoms with Gasteiger partial charge in [-0.15, -0.1) is 0 Å². The number of aliphatic imine (C=N–C) groups is 1. The van der Waals surface area contributed by atoms with Crippen LogP contribution in [0, 0.1) is 19.7 Å².